The lowest BCUT2D eigenvalue weighted by Gasteiger charge is -2.16. The van der Waals surface area contributed by atoms with Crippen LogP contribution in [0.4, 0.5) is 0 Å². The predicted molar refractivity (Wildman–Crippen MR) is 79.2 cm³/mol. The highest BCUT2D eigenvalue weighted by Crippen LogP contribution is 2.17. The van der Waals surface area contributed by atoms with Crippen molar-refractivity contribution < 1.29 is 30.1 Å². The zero-order valence-corrected chi connectivity index (χ0v) is 13.7. The van der Waals surface area contributed by atoms with Crippen molar-refractivity contribution in [3.8, 4) is 0 Å². The fraction of sp³-hybridized carbons (Fsp3) is 0.667. The van der Waals surface area contributed by atoms with E-state index in [1.165, 1.54) is 6.92 Å². The van der Waals surface area contributed by atoms with E-state index in [1.54, 1.807) is 0 Å². The normalized spacial score (nSPS) is 12.8. The number of nitrogens with zero attached hydrogens (tertiary/aromatic N) is 2. The van der Waals surface area contributed by atoms with Gasteiger partial charge in [0.05, 0.1) is 6.61 Å². The van der Waals surface area contributed by atoms with Crippen LogP contribution < -0.4 is 22.9 Å². The Kier molecular flexibility index (Phi) is 10.1. The Morgan fingerprint density at radius 2 is 1.41 bits per heavy atom. The average Bonchev–Trinajstić information content (AvgIpc) is 2.23. The monoisotopic (exact) mass is 380 g/mol. The van der Waals surface area contributed by atoms with Gasteiger partial charge in [-0.1, -0.05) is 0 Å². The molecule has 0 aromatic heterocycles. The minimum Gasteiger partial charge on any atom is -0.759 e. The molecule has 0 fully saturated rings. The fourth-order valence-electron chi connectivity index (χ4n) is 0.845. The summed E-state index contributed by atoms with van der Waals surface area (Å²) in [6.07, 6.45) is -1.27. The van der Waals surface area contributed by atoms with Gasteiger partial charge in [-0.05, 0) is 6.92 Å². The molecular formula is C6H16N6O7S3-2. The number of rotatable bonds is 6. The molecule has 0 radical (unpaired) electrons. The van der Waals surface area contributed by atoms with Crippen LogP contribution in [0.5, 0.6) is 0 Å². The van der Waals surface area contributed by atoms with Crippen molar-refractivity contribution in [3.63, 3.8) is 0 Å². The van der Waals surface area contributed by atoms with E-state index >= 15 is 0 Å². The molecule has 0 aromatic carbocycles. The molecule has 16 heteroatoms. The molecule has 22 heavy (non-hydrogen) atoms. The van der Waals surface area contributed by atoms with Gasteiger partial charge >= 0.3 is 0 Å². The summed E-state index contributed by atoms with van der Waals surface area (Å²) in [6, 6.07) is 0. The van der Waals surface area contributed by atoms with Gasteiger partial charge in [0.2, 0.25) is 0 Å². The maximum absolute atomic E-state index is 11.5. The largest absolute Gasteiger partial charge is 0.759 e. The van der Waals surface area contributed by atoms with Crippen LogP contribution in [-0.2, 0) is 24.7 Å². The number of nitrogens with two attached hydrogens (primary N) is 4. The Hall–Kier alpha value is -1.33. The second-order valence-corrected chi connectivity index (χ2v) is 6.67. The van der Waals surface area contributed by atoms with Crippen LogP contribution in [0, 0.1) is 0 Å². The number of guanidine groups is 2. The number of thiol groups is 1. The van der Waals surface area contributed by atoms with Gasteiger partial charge in [-0.25, -0.2) is 9.98 Å². The third-order valence-electron chi connectivity index (χ3n) is 1.40. The summed E-state index contributed by atoms with van der Waals surface area (Å²) in [7, 11) is -9.14. The smallest absolute Gasteiger partial charge is 0.283 e. The first-order valence-corrected chi connectivity index (χ1v) is 8.43. The van der Waals surface area contributed by atoms with Gasteiger partial charge < -0.3 is 32.0 Å². The Morgan fingerprint density at radius 1 is 1.09 bits per heavy atom. The zero-order chi connectivity index (χ0) is 18.1. The van der Waals surface area contributed by atoms with Crippen molar-refractivity contribution >= 4 is 45.1 Å². The molecule has 0 rings (SSSR count). The fourth-order valence-corrected chi connectivity index (χ4v) is 2.05. The van der Waals surface area contributed by atoms with E-state index in [9.17, 15) is 8.42 Å². The Labute approximate surface area is 132 Å². The van der Waals surface area contributed by atoms with Gasteiger partial charge in [-0.2, -0.15) is 21.0 Å². The molecule has 13 nitrogen and oxygen atoms in total. The lowest BCUT2D eigenvalue weighted by atomic mass is 10.6. The van der Waals surface area contributed by atoms with Crippen LogP contribution in [0.1, 0.15) is 6.92 Å². The van der Waals surface area contributed by atoms with Crippen molar-refractivity contribution in [2.75, 3.05) is 6.61 Å². The highest BCUT2D eigenvalue weighted by atomic mass is 32.3. The summed E-state index contributed by atoms with van der Waals surface area (Å²) in [5.74, 6) is -0.739. The number of hydrogen-bond acceptors (Lipinski definition) is 10. The molecular weight excluding hydrogens is 364 g/mol. The van der Waals surface area contributed by atoms with E-state index < -0.39 is 31.3 Å². The van der Waals surface area contributed by atoms with Gasteiger partial charge in [-0.15, -0.1) is 0 Å². The number of aliphatic imine (C=N–C) groups is 2. The molecule has 132 valence electrons. The standard InChI is InChI=1S/C6H16N6O3S2.H2O4S/c1-2-15-17(13,14)4(16)3(11-5(7)8)12-6(9)10;1-5(2,3)4/h3-4,16H,2H2,1H3,(H4,7,8,11)(H4,9,10,12);(H2,1,2,3,4)/p-2. The first kappa shape index (κ1) is 22.9. The topological polar surface area (TPSA) is 252 Å². The molecule has 0 aliphatic heterocycles. The molecule has 0 bridgehead atoms. The molecule has 0 saturated carbocycles. The zero-order valence-electron chi connectivity index (χ0n) is 11.2. The summed E-state index contributed by atoms with van der Waals surface area (Å²) < 4.78 is 60.3. The molecule has 0 aromatic rings. The Bertz CT molecular complexity index is 566. The minimum absolute atomic E-state index is 0.0459. The molecule has 0 saturated heterocycles. The quantitative estimate of drug-likeness (QED) is 0.0743. The Morgan fingerprint density at radius 3 is 1.64 bits per heavy atom. The van der Waals surface area contributed by atoms with Crippen molar-refractivity contribution in [1.29, 1.82) is 0 Å². The van der Waals surface area contributed by atoms with E-state index in [1.807, 2.05) is 0 Å². The van der Waals surface area contributed by atoms with E-state index in [4.69, 9.17) is 40.5 Å². The van der Waals surface area contributed by atoms with Crippen molar-refractivity contribution in [3.05, 3.63) is 0 Å². The maximum atomic E-state index is 11.5. The first-order chi connectivity index (χ1) is 9.70. The van der Waals surface area contributed by atoms with Crippen LogP contribution >= 0.6 is 12.6 Å². The maximum Gasteiger partial charge on any atom is 0.283 e. The molecule has 0 heterocycles. The van der Waals surface area contributed by atoms with Crippen molar-refractivity contribution in [2.45, 2.75) is 17.7 Å². The van der Waals surface area contributed by atoms with Crippen molar-refractivity contribution in [2.24, 2.45) is 32.9 Å². The third kappa shape index (κ3) is 13.6. The van der Waals surface area contributed by atoms with Crippen LogP contribution in [0.2, 0.25) is 0 Å². The van der Waals surface area contributed by atoms with Crippen LogP contribution in [0.15, 0.2) is 9.98 Å². The van der Waals surface area contributed by atoms with Gasteiger partial charge in [0.25, 0.3) is 10.1 Å². The summed E-state index contributed by atoms with van der Waals surface area (Å²) in [6.45, 7) is 1.46. The molecule has 0 aliphatic rings. The second kappa shape index (κ2) is 9.64. The summed E-state index contributed by atoms with van der Waals surface area (Å²) in [5.41, 5.74) is 20.5. The molecule has 1 unspecified atom stereocenters. The van der Waals surface area contributed by atoms with Gasteiger partial charge in [0, 0.05) is 10.4 Å². The molecule has 0 spiro atoms. The lowest BCUT2D eigenvalue weighted by Crippen LogP contribution is -2.36. The minimum atomic E-state index is -5.17. The van der Waals surface area contributed by atoms with Gasteiger partial charge in [-0.3, -0.25) is 12.6 Å². The predicted octanol–water partition coefficient (Wildman–Crippen LogP) is -3.86. The highest BCUT2D eigenvalue weighted by molar-refractivity contribution is 8.02. The summed E-state index contributed by atoms with van der Waals surface area (Å²) >= 11 is 3.84. The Balaban J connectivity index is 0. The van der Waals surface area contributed by atoms with Crippen LogP contribution in [-0.4, -0.2) is 55.2 Å². The number of hydrogen-bond donors (Lipinski definition) is 5. The van der Waals surface area contributed by atoms with Gasteiger partial charge in [0.15, 0.2) is 22.7 Å². The summed E-state index contributed by atoms with van der Waals surface area (Å²) in [4.78, 5) is 7.11. The van der Waals surface area contributed by atoms with E-state index in [-0.39, 0.29) is 18.5 Å². The van der Waals surface area contributed by atoms with Crippen LogP contribution in [0.25, 0.3) is 0 Å². The highest BCUT2D eigenvalue weighted by Gasteiger charge is 2.31. The molecule has 0 aliphatic carbocycles. The molecule has 1 atom stereocenters. The van der Waals surface area contributed by atoms with E-state index in [0.717, 1.165) is 0 Å². The molecule has 0 amide bonds. The molecule has 8 N–H and O–H groups in total. The second-order valence-electron chi connectivity index (χ2n) is 3.22. The van der Waals surface area contributed by atoms with E-state index in [2.05, 4.69) is 26.8 Å². The van der Waals surface area contributed by atoms with Crippen LogP contribution in [0.3, 0.4) is 0 Å². The van der Waals surface area contributed by atoms with Gasteiger partial charge in [0.1, 0.15) is 0 Å². The van der Waals surface area contributed by atoms with E-state index in [0.29, 0.717) is 0 Å². The SMILES string of the molecule is CCOS(=O)(=O)C(S)C(N=C(N)N)N=C(N)N.O=S(=O)([O-])[O-]. The summed E-state index contributed by atoms with van der Waals surface area (Å²) in [5, 5.41) is 0. The average molecular weight is 380 g/mol. The van der Waals surface area contributed by atoms with Crippen molar-refractivity contribution in [1.82, 2.24) is 0 Å². The first-order valence-electron chi connectivity index (χ1n) is 5.11. The third-order valence-corrected chi connectivity index (χ3v) is 3.84. The lowest BCUT2D eigenvalue weighted by molar-refractivity contribution is 0.334.